The highest BCUT2D eigenvalue weighted by Gasteiger charge is 2.44. The van der Waals surface area contributed by atoms with E-state index in [2.05, 4.69) is 70.7 Å². The van der Waals surface area contributed by atoms with Crippen molar-refractivity contribution >= 4 is 16.5 Å². The van der Waals surface area contributed by atoms with Crippen LogP contribution in [0.4, 0.5) is 5.69 Å². The molecule has 1 N–H and O–H groups in total. The number of hydrogen-bond donors (Lipinski definition) is 1. The Morgan fingerprint density at radius 1 is 1.08 bits per heavy atom. The van der Waals surface area contributed by atoms with Crippen LogP contribution in [0.15, 0.2) is 60.9 Å². The molecule has 1 aromatic heterocycles. The second kappa shape index (κ2) is 6.40. The lowest BCUT2D eigenvalue weighted by Gasteiger charge is -2.34. The quantitative estimate of drug-likeness (QED) is 0.749. The molecule has 2 aromatic carbocycles. The van der Waals surface area contributed by atoms with Crippen LogP contribution in [0.2, 0.25) is 0 Å². The van der Waals surface area contributed by atoms with E-state index < -0.39 is 0 Å². The lowest BCUT2D eigenvalue weighted by atomic mass is 10.0. The van der Waals surface area contributed by atoms with Crippen molar-refractivity contribution in [3.8, 4) is 0 Å². The first-order valence-electron chi connectivity index (χ1n) is 9.65. The summed E-state index contributed by atoms with van der Waals surface area (Å²) < 4.78 is 0. The number of likely N-dealkylation sites (tertiary alicyclic amines) is 1. The van der Waals surface area contributed by atoms with Gasteiger partial charge in [0.2, 0.25) is 0 Å². The summed E-state index contributed by atoms with van der Waals surface area (Å²) in [4.78, 5) is 6.94. The van der Waals surface area contributed by atoms with Crippen molar-refractivity contribution in [3.63, 3.8) is 0 Å². The molecule has 3 nitrogen and oxygen atoms in total. The molecule has 0 unspecified atom stereocenters. The second-order valence-electron chi connectivity index (χ2n) is 7.97. The summed E-state index contributed by atoms with van der Waals surface area (Å²) in [7, 11) is 0. The first-order chi connectivity index (χ1) is 12.8. The Bertz CT molecular complexity index is 913. The van der Waals surface area contributed by atoms with Gasteiger partial charge >= 0.3 is 0 Å². The van der Waals surface area contributed by atoms with Gasteiger partial charge in [0.1, 0.15) is 0 Å². The molecule has 0 amide bonds. The van der Waals surface area contributed by atoms with Crippen molar-refractivity contribution in [2.45, 2.75) is 38.4 Å². The molecule has 0 radical (unpaired) electrons. The third kappa shape index (κ3) is 2.86. The SMILES string of the molecule is Cc1ccc(CN2C[C@H]3C[C@@H]2[C@H](Nc2cccc4cnccc24)C3)cc1. The summed E-state index contributed by atoms with van der Waals surface area (Å²) in [5, 5.41) is 6.35. The molecule has 1 saturated carbocycles. The van der Waals surface area contributed by atoms with Gasteiger partial charge in [-0.3, -0.25) is 9.88 Å². The number of nitrogens with one attached hydrogen (secondary N) is 1. The van der Waals surface area contributed by atoms with Crippen LogP contribution < -0.4 is 5.32 Å². The van der Waals surface area contributed by atoms with Crippen LogP contribution in [0.1, 0.15) is 24.0 Å². The summed E-state index contributed by atoms with van der Waals surface area (Å²) in [5.41, 5.74) is 4.01. The maximum absolute atomic E-state index is 4.25. The van der Waals surface area contributed by atoms with Crippen molar-refractivity contribution in [1.29, 1.82) is 0 Å². The first kappa shape index (κ1) is 15.8. The minimum absolute atomic E-state index is 0.540. The molecule has 2 bridgehead atoms. The highest BCUT2D eigenvalue weighted by Crippen LogP contribution is 2.40. The molecule has 1 saturated heterocycles. The number of fused-ring (bicyclic) bond motifs is 3. The smallest absolute Gasteiger partial charge is 0.0423 e. The molecule has 132 valence electrons. The van der Waals surface area contributed by atoms with Crippen molar-refractivity contribution in [3.05, 3.63) is 72.1 Å². The number of hydrogen-bond acceptors (Lipinski definition) is 3. The van der Waals surface area contributed by atoms with Gasteiger partial charge in [-0.05, 0) is 43.4 Å². The van der Waals surface area contributed by atoms with Crippen molar-refractivity contribution in [2.24, 2.45) is 5.92 Å². The fourth-order valence-electron chi connectivity index (χ4n) is 4.85. The maximum atomic E-state index is 4.25. The topological polar surface area (TPSA) is 28.2 Å². The van der Waals surface area contributed by atoms with Crippen LogP contribution in [-0.2, 0) is 6.54 Å². The molecule has 2 aliphatic rings. The van der Waals surface area contributed by atoms with Crippen LogP contribution in [0.5, 0.6) is 0 Å². The standard InChI is InChI=1S/C23H25N3/c1-16-5-7-17(8-6-16)14-26-15-18-11-22(23(26)12-18)25-21-4-2-3-19-13-24-10-9-20(19)21/h2-10,13,18,22-23,25H,11-12,14-15H2,1H3/t18-,22-,23-/m1/s1. The van der Waals surface area contributed by atoms with Crippen LogP contribution in [0.25, 0.3) is 10.8 Å². The van der Waals surface area contributed by atoms with Crippen molar-refractivity contribution in [2.75, 3.05) is 11.9 Å². The number of aryl methyl sites for hydroxylation is 1. The first-order valence-corrected chi connectivity index (χ1v) is 9.65. The van der Waals surface area contributed by atoms with E-state index in [1.807, 2.05) is 12.4 Å². The van der Waals surface area contributed by atoms with Gasteiger partial charge < -0.3 is 5.32 Å². The molecule has 2 fully saturated rings. The zero-order valence-corrected chi connectivity index (χ0v) is 15.2. The minimum Gasteiger partial charge on any atom is -0.380 e. The summed E-state index contributed by atoms with van der Waals surface area (Å²) in [6.45, 7) is 4.47. The molecular formula is C23H25N3. The van der Waals surface area contributed by atoms with Gasteiger partial charge in [0.15, 0.2) is 0 Å². The largest absolute Gasteiger partial charge is 0.380 e. The van der Waals surface area contributed by atoms with Gasteiger partial charge in [-0.1, -0.05) is 42.0 Å². The normalized spacial score (nSPS) is 25.0. The number of anilines is 1. The lowest BCUT2D eigenvalue weighted by Crippen LogP contribution is -2.44. The van der Waals surface area contributed by atoms with Gasteiger partial charge in [0, 0.05) is 54.0 Å². The number of benzene rings is 2. The summed E-state index contributed by atoms with van der Waals surface area (Å²) in [6.07, 6.45) is 6.45. The average Bonchev–Trinajstić information content (AvgIpc) is 3.24. The van der Waals surface area contributed by atoms with E-state index in [4.69, 9.17) is 0 Å². The Balaban J connectivity index is 1.35. The van der Waals surface area contributed by atoms with Gasteiger partial charge in [-0.2, -0.15) is 0 Å². The predicted molar refractivity (Wildman–Crippen MR) is 107 cm³/mol. The van der Waals surface area contributed by atoms with Gasteiger partial charge in [-0.15, -0.1) is 0 Å². The number of pyridine rings is 1. The number of piperidine rings is 1. The van der Waals surface area contributed by atoms with Crippen LogP contribution in [-0.4, -0.2) is 28.5 Å². The molecule has 5 rings (SSSR count). The number of aromatic nitrogens is 1. The zero-order valence-electron chi connectivity index (χ0n) is 15.2. The van der Waals surface area contributed by atoms with Gasteiger partial charge in [0.05, 0.1) is 0 Å². The van der Waals surface area contributed by atoms with Crippen LogP contribution in [0, 0.1) is 12.8 Å². The molecule has 2 heterocycles. The van der Waals surface area contributed by atoms with E-state index in [0.717, 1.165) is 12.5 Å². The third-order valence-corrected chi connectivity index (χ3v) is 6.12. The molecule has 1 aliphatic heterocycles. The second-order valence-corrected chi connectivity index (χ2v) is 7.97. The highest BCUT2D eigenvalue weighted by molar-refractivity contribution is 5.93. The number of rotatable bonds is 4. The van der Waals surface area contributed by atoms with Crippen molar-refractivity contribution < 1.29 is 0 Å². The third-order valence-electron chi connectivity index (χ3n) is 6.12. The molecule has 3 atom stereocenters. The van der Waals surface area contributed by atoms with E-state index in [0.29, 0.717) is 12.1 Å². The molecule has 0 spiro atoms. The molecule has 1 aliphatic carbocycles. The average molecular weight is 343 g/mol. The molecular weight excluding hydrogens is 318 g/mol. The fraction of sp³-hybridized carbons (Fsp3) is 0.348. The van der Waals surface area contributed by atoms with E-state index in [1.165, 1.54) is 47.0 Å². The van der Waals surface area contributed by atoms with E-state index >= 15 is 0 Å². The Morgan fingerprint density at radius 2 is 1.96 bits per heavy atom. The van der Waals surface area contributed by atoms with E-state index in [-0.39, 0.29) is 0 Å². The monoisotopic (exact) mass is 343 g/mol. The molecule has 3 aromatic rings. The lowest BCUT2D eigenvalue weighted by molar-refractivity contribution is 0.193. The van der Waals surface area contributed by atoms with E-state index in [1.54, 1.807) is 0 Å². The van der Waals surface area contributed by atoms with Crippen LogP contribution in [0.3, 0.4) is 0 Å². The van der Waals surface area contributed by atoms with Gasteiger partial charge in [0.25, 0.3) is 0 Å². The summed E-state index contributed by atoms with van der Waals surface area (Å²) >= 11 is 0. The van der Waals surface area contributed by atoms with Gasteiger partial charge in [-0.25, -0.2) is 0 Å². The fourth-order valence-corrected chi connectivity index (χ4v) is 4.85. The Labute approximate surface area is 155 Å². The zero-order chi connectivity index (χ0) is 17.5. The molecule has 3 heteroatoms. The Morgan fingerprint density at radius 3 is 2.81 bits per heavy atom. The Kier molecular flexibility index (Phi) is 3.90. The maximum Gasteiger partial charge on any atom is 0.0423 e. The van der Waals surface area contributed by atoms with Crippen LogP contribution >= 0.6 is 0 Å². The number of nitrogens with zero attached hydrogens (tertiary/aromatic N) is 2. The predicted octanol–water partition coefficient (Wildman–Crippen LogP) is 4.62. The van der Waals surface area contributed by atoms with Crippen molar-refractivity contribution in [1.82, 2.24) is 9.88 Å². The van der Waals surface area contributed by atoms with E-state index in [9.17, 15) is 0 Å². The highest BCUT2D eigenvalue weighted by atomic mass is 15.2. The minimum atomic E-state index is 0.540. The summed E-state index contributed by atoms with van der Waals surface area (Å²) in [6, 6.07) is 18.8. The Hall–Kier alpha value is -2.39. The molecule has 26 heavy (non-hydrogen) atoms. The summed E-state index contributed by atoms with van der Waals surface area (Å²) in [5.74, 6) is 0.833.